The number of hydrogen-bond donors (Lipinski definition) is 2. The molecule has 1 aromatic heterocycles. The Morgan fingerprint density at radius 3 is 2.50 bits per heavy atom. The molecule has 0 bridgehead atoms. The minimum atomic E-state index is 0.230. The summed E-state index contributed by atoms with van der Waals surface area (Å²) in [5.74, 6) is 0.941. The Morgan fingerprint density at radius 2 is 1.75 bits per heavy atom. The third-order valence-corrected chi connectivity index (χ3v) is 3.85. The first-order chi connectivity index (χ1) is 9.63. The van der Waals surface area contributed by atoms with Crippen LogP contribution < -0.4 is 5.32 Å². The zero-order valence-corrected chi connectivity index (χ0v) is 13.3. The first-order valence-corrected chi connectivity index (χ1v) is 7.38. The predicted octanol–water partition coefficient (Wildman–Crippen LogP) is 4.60. The van der Waals surface area contributed by atoms with Crippen molar-refractivity contribution >= 4 is 54.3 Å². The molecule has 2 aromatic carbocycles. The van der Waals surface area contributed by atoms with Crippen molar-refractivity contribution in [1.29, 1.82) is 0 Å². The van der Waals surface area contributed by atoms with E-state index in [0.29, 0.717) is 5.82 Å². The van der Waals surface area contributed by atoms with Gasteiger partial charge in [0.15, 0.2) is 0 Å². The number of rotatable bonds is 2. The molecule has 4 nitrogen and oxygen atoms in total. The molecule has 1 heterocycles. The van der Waals surface area contributed by atoms with E-state index in [2.05, 4.69) is 47.1 Å². The highest BCUT2D eigenvalue weighted by atomic mass is 79.9. The normalized spacial score (nSPS) is 10.7. The van der Waals surface area contributed by atoms with Gasteiger partial charge in [-0.15, -0.1) is 0 Å². The van der Waals surface area contributed by atoms with E-state index >= 15 is 0 Å². The Morgan fingerprint density at radius 1 is 1.00 bits per heavy atom. The summed E-state index contributed by atoms with van der Waals surface area (Å²) in [6.07, 6.45) is 1.52. The Kier molecular flexibility index (Phi) is 3.58. The van der Waals surface area contributed by atoms with E-state index in [1.54, 1.807) is 24.3 Å². The fourth-order valence-electron chi connectivity index (χ4n) is 1.87. The third kappa shape index (κ3) is 2.62. The smallest absolute Gasteiger partial charge is 0.141 e. The van der Waals surface area contributed by atoms with E-state index in [-0.39, 0.29) is 5.75 Å². The summed E-state index contributed by atoms with van der Waals surface area (Å²) < 4.78 is 1.85. The van der Waals surface area contributed by atoms with Crippen molar-refractivity contribution in [1.82, 2.24) is 9.97 Å². The van der Waals surface area contributed by atoms with E-state index < -0.39 is 0 Å². The van der Waals surface area contributed by atoms with E-state index in [1.165, 1.54) is 6.33 Å². The molecule has 0 saturated carbocycles. The molecule has 0 aliphatic carbocycles. The maximum Gasteiger partial charge on any atom is 0.141 e. The number of halogens is 2. The second-order valence-corrected chi connectivity index (χ2v) is 5.95. The number of benzene rings is 2. The molecule has 6 heteroatoms. The van der Waals surface area contributed by atoms with Crippen LogP contribution in [0.3, 0.4) is 0 Å². The highest BCUT2D eigenvalue weighted by Crippen LogP contribution is 2.31. The van der Waals surface area contributed by atoms with Gasteiger partial charge in [0.1, 0.15) is 17.9 Å². The molecule has 0 atom stereocenters. The SMILES string of the molecule is Oc1ccc(Nc2ncnc3c(Br)cc(Br)cc23)cc1. The molecular formula is C14H9Br2N3O. The maximum absolute atomic E-state index is 9.30. The molecular weight excluding hydrogens is 386 g/mol. The highest BCUT2D eigenvalue weighted by molar-refractivity contribution is 9.11. The number of fused-ring (bicyclic) bond motifs is 1. The van der Waals surface area contributed by atoms with Gasteiger partial charge in [0, 0.05) is 20.0 Å². The van der Waals surface area contributed by atoms with Crippen molar-refractivity contribution in [3.8, 4) is 5.75 Å². The molecule has 2 N–H and O–H groups in total. The molecule has 0 unspecified atom stereocenters. The van der Waals surface area contributed by atoms with Gasteiger partial charge in [0.2, 0.25) is 0 Å². The van der Waals surface area contributed by atoms with Gasteiger partial charge < -0.3 is 10.4 Å². The fourth-order valence-corrected chi connectivity index (χ4v) is 3.20. The number of nitrogens with one attached hydrogen (secondary N) is 1. The minimum absolute atomic E-state index is 0.230. The summed E-state index contributed by atoms with van der Waals surface area (Å²) in [7, 11) is 0. The summed E-state index contributed by atoms with van der Waals surface area (Å²) in [4.78, 5) is 8.56. The third-order valence-electron chi connectivity index (χ3n) is 2.79. The predicted molar refractivity (Wildman–Crippen MR) is 86.3 cm³/mol. The van der Waals surface area contributed by atoms with Crippen LogP contribution in [0.4, 0.5) is 11.5 Å². The van der Waals surface area contributed by atoms with Gasteiger partial charge in [0.25, 0.3) is 0 Å². The van der Waals surface area contributed by atoms with Crippen LogP contribution in [-0.2, 0) is 0 Å². The molecule has 20 heavy (non-hydrogen) atoms. The minimum Gasteiger partial charge on any atom is -0.508 e. The summed E-state index contributed by atoms with van der Waals surface area (Å²) in [5.41, 5.74) is 1.68. The number of anilines is 2. The lowest BCUT2D eigenvalue weighted by Gasteiger charge is -2.09. The lowest BCUT2D eigenvalue weighted by atomic mass is 10.2. The van der Waals surface area contributed by atoms with Crippen LogP contribution in [0.5, 0.6) is 5.75 Å². The molecule has 3 aromatic rings. The van der Waals surface area contributed by atoms with Crippen LogP contribution in [0, 0.1) is 0 Å². The zero-order chi connectivity index (χ0) is 14.1. The molecule has 3 rings (SSSR count). The molecule has 0 fully saturated rings. The van der Waals surface area contributed by atoms with Gasteiger partial charge in [-0.3, -0.25) is 0 Å². The number of aromatic nitrogens is 2. The second-order valence-electron chi connectivity index (χ2n) is 4.18. The van der Waals surface area contributed by atoms with Crippen molar-refractivity contribution in [2.75, 3.05) is 5.32 Å². The Labute approximate surface area is 132 Å². The number of nitrogens with zero attached hydrogens (tertiary/aromatic N) is 2. The van der Waals surface area contributed by atoms with Gasteiger partial charge in [-0.2, -0.15) is 0 Å². The van der Waals surface area contributed by atoms with Crippen LogP contribution in [0.25, 0.3) is 10.9 Å². The second kappa shape index (κ2) is 5.38. The van der Waals surface area contributed by atoms with E-state index in [1.807, 2.05) is 12.1 Å². The van der Waals surface area contributed by atoms with Crippen molar-refractivity contribution in [3.63, 3.8) is 0 Å². The average Bonchev–Trinajstić information content (AvgIpc) is 2.42. The van der Waals surface area contributed by atoms with Crippen LogP contribution in [0.1, 0.15) is 0 Å². The summed E-state index contributed by atoms with van der Waals surface area (Å²) in [6, 6.07) is 10.7. The molecule has 100 valence electrons. The molecule has 0 aliphatic heterocycles. The number of phenolic OH excluding ortho intramolecular Hbond substituents is 1. The van der Waals surface area contributed by atoms with Crippen LogP contribution in [0.2, 0.25) is 0 Å². The lowest BCUT2D eigenvalue weighted by Crippen LogP contribution is -1.96. The fraction of sp³-hybridized carbons (Fsp3) is 0. The zero-order valence-electron chi connectivity index (χ0n) is 10.1. The quantitative estimate of drug-likeness (QED) is 0.623. The first-order valence-electron chi connectivity index (χ1n) is 5.79. The van der Waals surface area contributed by atoms with Gasteiger partial charge in [-0.05, 0) is 52.3 Å². The average molecular weight is 395 g/mol. The van der Waals surface area contributed by atoms with Crippen molar-refractivity contribution in [2.45, 2.75) is 0 Å². The topological polar surface area (TPSA) is 58.0 Å². The molecule has 0 spiro atoms. The van der Waals surface area contributed by atoms with Gasteiger partial charge in [-0.25, -0.2) is 9.97 Å². The summed E-state index contributed by atoms with van der Waals surface area (Å²) >= 11 is 6.96. The number of aromatic hydroxyl groups is 1. The molecule has 0 amide bonds. The maximum atomic E-state index is 9.30. The molecule has 0 saturated heterocycles. The Bertz CT molecular complexity index is 775. The molecule has 0 aliphatic rings. The summed E-state index contributed by atoms with van der Waals surface area (Å²) in [5, 5.41) is 13.4. The van der Waals surface area contributed by atoms with Crippen molar-refractivity contribution in [3.05, 3.63) is 51.7 Å². The van der Waals surface area contributed by atoms with Gasteiger partial charge >= 0.3 is 0 Å². The van der Waals surface area contributed by atoms with Gasteiger partial charge in [-0.1, -0.05) is 15.9 Å². The van der Waals surface area contributed by atoms with Gasteiger partial charge in [0.05, 0.1) is 5.52 Å². The first kappa shape index (κ1) is 13.3. The van der Waals surface area contributed by atoms with Crippen LogP contribution in [0.15, 0.2) is 51.7 Å². The Hall–Kier alpha value is -1.66. The number of hydrogen-bond acceptors (Lipinski definition) is 4. The van der Waals surface area contributed by atoms with Crippen molar-refractivity contribution < 1.29 is 5.11 Å². The molecule has 0 radical (unpaired) electrons. The monoisotopic (exact) mass is 393 g/mol. The largest absolute Gasteiger partial charge is 0.508 e. The lowest BCUT2D eigenvalue weighted by molar-refractivity contribution is 0.475. The number of phenols is 1. The van der Waals surface area contributed by atoms with Crippen LogP contribution >= 0.6 is 31.9 Å². The van der Waals surface area contributed by atoms with Crippen LogP contribution in [-0.4, -0.2) is 15.1 Å². The Balaban J connectivity index is 2.09. The van der Waals surface area contributed by atoms with E-state index in [9.17, 15) is 5.11 Å². The summed E-state index contributed by atoms with van der Waals surface area (Å²) in [6.45, 7) is 0. The van der Waals surface area contributed by atoms with Crippen molar-refractivity contribution in [2.24, 2.45) is 0 Å². The highest BCUT2D eigenvalue weighted by Gasteiger charge is 2.08. The standard InChI is InChI=1S/C14H9Br2N3O/c15-8-5-11-13(12(16)6-8)17-7-18-14(11)19-9-1-3-10(20)4-2-9/h1-7,20H,(H,17,18,19). The van der Waals surface area contributed by atoms with E-state index in [0.717, 1.165) is 25.5 Å². The van der Waals surface area contributed by atoms with E-state index in [4.69, 9.17) is 0 Å².